The lowest BCUT2D eigenvalue weighted by Crippen LogP contribution is -2.11. The second kappa shape index (κ2) is 5.03. The number of hydrogen-bond donors (Lipinski definition) is 1. The highest BCUT2D eigenvalue weighted by Gasteiger charge is 2.27. The fraction of sp³-hybridized carbons (Fsp3) is 0.467. The van der Waals surface area contributed by atoms with Crippen LogP contribution in [0.4, 0.5) is 5.88 Å². The molecule has 0 spiro atoms. The van der Waals surface area contributed by atoms with Crippen LogP contribution >= 0.6 is 0 Å². The molecule has 0 unspecified atom stereocenters. The fourth-order valence-electron chi connectivity index (χ4n) is 2.93. The van der Waals surface area contributed by atoms with E-state index >= 15 is 0 Å². The maximum Gasteiger partial charge on any atom is 0.230 e. The Hall–Kier alpha value is -1.84. The molecule has 0 bridgehead atoms. The van der Waals surface area contributed by atoms with Crippen LogP contribution in [0, 0.1) is 5.92 Å². The van der Waals surface area contributed by atoms with Crippen molar-refractivity contribution in [2.75, 3.05) is 5.73 Å². The Balaban J connectivity index is 1.95. The van der Waals surface area contributed by atoms with Crippen LogP contribution in [0.25, 0.3) is 11.1 Å². The summed E-state index contributed by atoms with van der Waals surface area (Å²) in [7, 11) is 0. The molecule has 100 valence electrons. The monoisotopic (exact) mass is 257 g/mol. The lowest BCUT2D eigenvalue weighted by atomic mass is 9.80. The number of aromatic nitrogens is 2. The predicted molar refractivity (Wildman–Crippen MR) is 74.5 cm³/mol. The molecule has 3 rings (SSSR count). The van der Waals surface area contributed by atoms with Gasteiger partial charge in [0.05, 0.1) is 11.3 Å². The van der Waals surface area contributed by atoms with Gasteiger partial charge >= 0.3 is 0 Å². The van der Waals surface area contributed by atoms with Crippen LogP contribution in [0.5, 0.6) is 0 Å². The van der Waals surface area contributed by atoms with Crippen molar-refractivity contribution in [3.05, 3.63) is 30.2 Å². The average Bonchev–Trinajstić information content (AvgIpc) is 2.82. The Morgan fingerprint density at radius 1 is 1.26 bits per heavy atom. The molecule has 0 saturated heterocycles. The third kappa shape index (κ3) is 2.35. The number of pyridine rings is 1. The molecule has 1 saturated carbocycles. The van der Waals surface area contributed by atoms with Gasteiger partial charge in [-0.2, -0.15) is 0 Å². The lowest BCUT2D eigenvalue weighted by molar-refractivity contribution is 0.331. The molecule has 1 fully saturated rings. The largest absolute Gasteiger partial charge is 0.367 e. The van der Waals surface area contributed by atoms with E-state index in [1.807, 2.05) is 18.3 Å². The Morgan fingerprint density at radius 3 is 2.74 bits per heavy atom. The van der Waals surface area contributed by atoms with Gasteiger partial charge in [-0.1, -0.05) is 31.0 Å². The zero-order valence-electron chi connectivity index (χ0n) is 11.2. The average molecular weight is 257 g/mol. The van der Waals surface area contributed by atoms with Crippen molar-refractivity contribution in [1.29, 1.82) is 0 Å². The maximum atomic E-state index is 5.95. The van der Waals surface area contributed by atoms with Crippen LogP contribution in [0.1, 0.15) is 44.2 Å². The third-order valence-electron chi connectivity index (χ3n) is 4.10. The summed E-state index contributed by atoms with van der Waals surface area (Å²) in [6.45, 7) is 2.31. The van der Waals surface area contributed by atoms with Gasteiger partial charge in [0, 0.05) is 23.9 Å². The van der Waals surface area contributed by atoms with E-state index in [1.165, 1.54) is 25.7 Å². The smallest absolute Gasteiger partial charge is 0.230 e. The first kappa shape index (κ1) is 12.2. The van der Waals surface area contributed by atoms with Gasteiger partial charge < -0.3 is 10.3 Å². The Labute approximate surface area is 113 Å². The Bertz CT molecular complexity index is 542. The molecule has 2 heterocycles. The number of nitrogens with two attached hydrogens (primary N) is 1. The maximum absolute atomic E-state index is 5.95. The van der Waals surface area contributed by atoms with E-state index < -0.39 is 0 Å². The number of nitrogens with zero attached hydrogens (tertiary/aromatic N) is 2. The Kier molecular flexibility index (Phi) is 3.23. The number of hydrogen-bond acceptors (Lipinski definition) is 4. The van der Waals surface area contributed by atoms with E-state index in [0.717, 1.165) is 22.7 Å². The molecule has 19 heavy (non-hydrogen) atoms. The topological polar surface area (TPSA) is 64.9 Å². The van der Waals surface area contributed by atoms with E-state index in [0.29, 0.717) is 11.8 Å². The molecule has 0 aromatic carbocycles. The molecule has 4 nitrogen and oxygen atoms in total. The van der Waals surface area contributed by atoms with Crippen LogP contribution in [0.3, 0.4) is 0 Å². The molecule has 0 atom stereocenters. The molecule has 4 heteroatoms. The van der Waals surface area contributed by atoms with Crippen molar-refractivity contribution in [3.8, 4) is 11.1 Å². The van der Waals surface area contributed by atoms with Crippen molar-refractivity contribution in [2.24, 2.45) is 5.92 Å². The first-order valence-corrected chi connectivity index (χ1v) is 6.91. The minimum atomic E-state index is 0.404. The van der Waals surface area contributed by atoms with Gasteiger partial charge in [-0.3, -0.25) is 4.98 Å². The zero-order valence-corrected chi connectivity index (χ0v) is 11.2. The summed E-state index contributed by atoms with van der Waals surface area (Å²) in [5.74, 6) is 1.69. The van der Waals surface area contributed by atoms with E-state index in [9.17, 15) is 0 Å². The van der Waals surface area contributed by atoms with Crippen molar-refractivity contribution in [3.63, 3.8) is 0 Å². The Morgan fingerprint density at radius 2 is 2.05 bits per heavy atom. The minimum Gasteiger partial charge on any atom is -0.367 e. The molecule has 2 aromatic heterocycles. The van der Waals surface area contributed by atoms with Crippen LogP contribution in [-0.2, 0) is 0 Å². The van der Waals surface area contributed by atoms with Crippen molar-refractivity contribution in [1.82, 2.24) is 10.1 Å². The summed E-state index contributed by atoms with van der Waals surface area (Å²) in [5, 5.41) is 4.21. The first-order chi connectivity index (χ1) is 9.25. The van der Waals surface area contributed by atoms with Crippen molar-refractivity contribution < 1.29 is 4.52 Å². The van der Waals surface area contributed by atoms with Crippen molar-refractivity contribution >= 4 is 5.88 Å². The highest BCUT2D eigenvalue weighted by Crippen LogP contribution is 2.41. The van der Waals surface area contributed by atoms with Gasteiger partial charge in [-0.25, -0.2) is 0 Å². The van der Waals surface area contributed by atoms with Gasteiger partial charge in [0.2, 0.25) is 5.88 Å². The highest BCUT2D eigenvalue weighted by atomic mass is 16.5. The normalized spacial score (nSPS) is 23.4. The van der Waals surface area contributed by atoms with Crippen LogP contribution in [0.2, 0.25) is 0 Å². The fourth-order valence-corrected chi connectivity index (χ4v) is 2.93. The van der Waals surface area contributed by atoms with Crippen molar-refractivity contribution in [2.45, 2.75) is 38.5 Å². The highest BCUT2D eigenvalue weighted by molar-refractivity contribution is 5.74. The molecular formula is C15H19N3O. The van der Waals surface area contributed by atoms with E-state index in [-0.39, 0.29) is 0 Å². The molecule has 1 aliphatic carbocycles. The summed E-state index contributed by atoms with van der Waals surface area (Å²) in [4.78, 5) is 4.16. The van der Waals surface area contributed by atoms with Gasteiger partial charge in [-0.05, 0) is 24.8 Å². The molecular weight excluding hydrogens is 238 g/mol. The second-order valence-corrected chi connectivity index (χ2v) is 5.51. The molecule has 0 amide bonds. The van der Waals surface area contributed by atoms with E-state index in [2.05, 4.69) is 17.1 Å². The molecule has 2 aromatic rings. The predicted octanol–water partition coefficient (Wildman–Crippen LogP) is 3.61. The summed E-state index contributed by atoms with van der Waals surface area (Å²) in [6.07, 6.45) is 8.42. The molecule has 2 N–H and O–H groups in total. The number of rotatable bonds is 2. The van der Waals surface area contributed by atoms with Gasteiger partial charge in [0.15, 0.2) is 0 Å². The van der Waals surface area contributed by atoms with Crippen LogP contribution in [-0.4, -0.2) is 10.1 Å². The quantitative estimate of drug-likeness (QED) is 0.892. The van der Waals surface area contributed by atoms with Crippen LogP contribution in [0.15, 0.2) is 29.0 Å². The SMILES string of the molecule is CC1CCC(c2noc(N)c2-c2cccnc2)CC1. The van der Waals surface area contributed by atoms with Crippen LogP contribution < -0.4 is 5.73 Å². The van der Waals surface area contributed by atoms with E-state index in [4.69, 9.17) is 10.3 Å². The lowest BCUT2D eigenvalue weighted by Gasteiger charge is -2.25. The summed E-state index contributed by atoms with van der Waals surface area (Å²) < 4.78 is 5.23. The first-order valence-electron chi connectivity index (χ1n) is 6.91. The summed E-state index contributed by atoms with van der Waals surface area (Å²) in [5.41, 5.74) is 8.89. The number of nitrogen functional groups attached to an aromatic ring is 1. The summed E-state index contributed by atoms with van der Waals surface area (Å²) in [6, 6.07) is 3.92. The zero-order chi connectivity index (χ0) is 13.2. The minimum absolute atomic E-state index is 0.404. The summed E-state index contributed by atoms with van der Waals surface area (Å²) >= 11 is 0. The number of anilines is 1. The van der Waals surface area contributed by atoms with E-state index in [1.54, 1.807) is 6.20 Å². The standard InChI is InChI=1S/C15H19N3O/c1-10-4-6-11(7-5-10)14-13(15(16)19-18-14)12-3-2-8-17-9-12/h2-3,8-11H,4-7,16H2,1H3. The van der Waals surface area contributed by atoms with Gasteiger partial charge in [-0.15, -0.1) is 0 Å². The molecule has 0 aliphatic heterocycles. The second-order valence-electron chi connectivity index (χ2n) is 5.51. The molecule has 1 aliphatic rings. The third-order valence-corrected chi connectivity index (χ3v) is 4.10. The van der Waals surface area contributed by atoms with Gasteiger partial charge in [0.25, 0.3) is 0 Å². The van der Waals surface area contributed by atoms with Gasteiger partial charge in [0.1, 0.15) is 0 Å². The molecule has 0 radical (unpaired) electrons.